The quantitative estimate of drug-likeness (QED) is 0.826. The van der Waals surface area contributed by atoms with E-state index in [0.29, 0.717) is 6.42 Å². The third-order valence-corrected chi connectivity index (χ3v) is 4.57. The van der Waals surface area contributed by atoms with E-state index in [2.05, 4.69) is 0 Å². The van der Waals surface area contributed by atoms with E-state index in [-0.39, 0.29) is 11.7 Å². The fourth-order valence-electron chi connectivity index (χ4n) is 3.06. The van der Waals surface area contributed by atoms with Gasteiger partial charge in [0.2, 0.25) is 0 Å². The lowest BCUT2D eigenvalue weighted by molar-refractivity contribution is -0.0878. The van der Waals surface area contributed by atoms with Crippen molar-refractivity contribution in [2.45, 2.75) is 46.6 Å². The molecule has 1 aromatic rings. The minimum Gasteiger partial charge on any atom is -0.388 e. The first-order valence-electron chi connectivity index (χ1n) is 6.57. The molecule has 2 heteroatoms. The van der Waals surface area contributed by atoms with Crippen LogP contribution in [0.3, 0.4) is 0 Å². The average Bonchev–Trinajstić information content (AvgIpc) is 2.26. The summed E-state index contributed by atoms with van der Waals surface area (Å²) >= 11 is 0. The van der Waals surface area contributed by atoms with Gasteiger partial charge in [0, 0.05) is 12.0 Å². The zero-order valence-electron chi connectivity index (χ0n) is 11.9. The van der Waals surface area contributed by atoms with Gasteiger partial charge in [-0.2, -0.15) is 0 Å². The smallest absolute Gasteiger partial charge is 0.171 e. The van der Waals surface area contributed by atoms with Crippen molar-refractivity contribution in [2.24, 2.45) is 11.3 Å². The van der Waals surface area contributed by atoms with Crippen LogP contribution in [-0.2, 0) is 6.42 Å². The Bertz CT molecular complexity index is 500. The van der Waals surface area contributed by atoms with Crippen LogP contribution in [0.15, 0.2) is 18.2 Å². The number of Topliss-reactive ketones (excluding diaryl/α,β-unsaturated/α-hetero) is 1. The monoisotopic (exact) mass is 246 g/mol. The van der Waals surface area contributed by atoms with Gasteiger partial charge in [0.15, 0.2) is 5.78 Å². The molecule has 0 saturated heterocycles. The molecule has 0 amide bonds. The number of hydrogen-bond donors (Lipinski definition) is 1. The molecular formula is C16H22O2. The molecule has 0 aromatic heterocycles. The van der Waals surface area contributed by atoms with E-state index in [9.17, 15) is 9.90 Å². The van der Waals surface area contributed by atoms with Crippen LogP contribution in [0.4, 0.5) is 0 Å². The number of benzene rings is 1. The topological polar surface area (TPSA) is 37.3 Å². The Morgan fingerprint density at radius 2 is 1.89 bits per heavy atom. The summed E-state index contributed by atoms with van der Waals surface area (Å²) in [6, 6.07) is 5.89. The van der Waals surface area contributed by atoms with E-state index in [4.69, 9.17) is 0 Å². The molecule has 0 heterocycles. The first kappa shape index (κ1) is 13.3. The van der Waals surface area contributed by atoms with Crippen molar-refractivity contribution in [1.29, 1.82) is 0 Å². The number of carbonyl (C=O) groups excluding carboxylic acids is 1. The number of aliphatic hydroxyl groups is 1. The molecule has 0 fully saturated rings. The van der Waals surface area contributed by atoms with E-state index in [0.717, 1.165) is 16.7 Å². The summed E-state index contributed by atoms with van der Waals surface area (Å²) < 4.78 is 0. The molecule has 0 aliphatic heterocycles. The van der Waals surface area contributed by atoms with Crippen molar-refractivity contribution in [3.63, 3.8) is 0 Å². The van der Waals surface area contributed by atoms with Gasteiger partial charge in [0.1, 0.15) is 0 Å². The molecule has 1 aromatic carbocycles. The maximum atomic E-state index is 12.6. The molecule has 1 atom stereocenters. The summed E-state index contributed by atoms with van der Waals surface area (Å²) in [6.07, 6.45) is 0.556. The molecule has 1 N–H and O–H groups in total. The van der Waals surface area contributed by atoms with Crippen molar-refractivity contribution in [2.75, 3.05) is 0 Å². The van der Waals surface area contributed by atoms with Crippen molar-refractivity contribution in [3.05, 3.63) is 34.9 Å². The van der Waals surface area contributed by atoms with Crippen LogP contribution < -0.4 is 0 Å². The number of carbonyl (C=O) groups is 1. The van der Waals surface area contributed by atoms with Gasteiger partial charge in [-0.05, 0) is 32.3 Å². The number of ketones is 1. The van der Waals surface area contributed by atoms with Crippen LogP contribution >= 0.6 is 0 Å². The van der Waals surface area contributed by atoms with Gasteiger partial charge >= 0.3 is 0 Å². The second kappa shape index (κ2) is 3.92. The summed E-state index contributed by atoms with van der Waals surface area (Å²) in [6.45, 7) is 9.70. The van der Waals surface area contributed by atoms with Gasteiger partial charge < -0.3 is 5.11 Å². The summed E-state index contributed by atoms with van der Waals surface area (Å²) in [5.41, 5.74) is 1.19. The van der Waals surface area contributed by atoms with E-state index < -0.39 is 11.0 Å². The maximum absolute atomic E-state index is 12.6. The highest BCUT2D eigenvalue weighted by molar-refractivity contribution is 6.03. The van der Waals surface area contributed by atoms with Crippen LogP contribution in [0.5, 0.6) is 0 Å². The van der Waals surface area contributed by atoms with Gasteiger partial charge in [0.25, 0.3) is 0 Å². The zero-order chi connectivity index (χ0) is 13.7. The maximum Gasteiger partial charge on any atom is 0.171 e. The predicted octanol–water partition coefficient (Wildman–Crippen LogP) is 3.15. The first-order valence-corrected chi connectivity index (χ1v) is 6.57. The third kappa shape index (κ3) is 1.63. The van der Waals surface area contributed by atoms with E-state index in [1.165, 1.54) is 0 Å². The average molecular weight is 246 g/mol. The lowest BCUT2D eigenvalue weighted by Crippen LogP contribution is -2.57. The second-order valence-electron chi connectivity index (χ2n) is 6.37. The number of aryl methyl sites for hydroxylation is 1. The highest BCUT2D eigenvalue weighted by Crippen LogP contribution is 2.46. The van der Waals surface area contributed by atoms with Crippen LogP contribution in [0.25, 0.3) is 0 Å². The van der Waals surface area contributed by atoms with Gasteiger partial charge in [-0.15, -0.1) is 0 Å². The molecular weight excluding hydrogens is 224 g/mol. The van der Waals surface area contributed by atoms with Crippen molar-refractivity contribution in [1.82, 2.24) is 0 Å². The van der Waals surface area contributed by atoms with Crippen LogP contribution in [-0.4, -0.2) is 16.5 Å². The van der Waals surface area contributed by atoms with Crippen LogP contribution in [0.1, 0.15) is 49.2 Å². The SMILES string of the molecule is Cc1ccc2c(c1)CC(O)(C(C)C)C(C)(C)C2=O. The zero-order valence-corrected chi connectivity index (χ0v) is 11.9. The normalized spacial score (nSPS) is 26.3. The van der Waals surface area contributed by atoms with Gasteiger partial charge in [-0.3, -0.25) is 4.79 Å². The first-order chi connectivity index (χ1) is 8.20. The second-order valence-corrected chi connectivity index (χ2v) is 6.37. The standard InChI is InChI=1S/C16H22O2/c1-10(2)16(18)9-12-8-11(3)6-7-13(12)14(17)15(16,4)5/h6-8,10,18H,9H2,1-5H3. The Morgan fingerprint density at radius 3 is 2.44 bits per heavy atom. The lowest BCUT2D eigenvalue weighted by Gasteiger charge is -2.48. The summed E-state index contributed by atoms with van der Waals surface area (Å²) in [7, 11) is 0. The fourth-order valence-corrected chi connectivity index (χ4v) is 3.06. The number of hydrogen-bond acceptors (Lipinski definition) is 2. The number of fused-ring (bicyclic) bond motifs is 1. The Morgan fingerprint density at radius 1 is 1.28 bits per heavy atom. The van der Waals surface area contributed by atoms with Gasteiger partial charge in [-0.1, -0.05) is 37.6 Å². The minimum absolute atomic E-state index is 0.0464. The van der Waals surface area contributed by atoms with Gasteiger partial charge in [-0.25, -0.2) is 0 Å². The fraction of sp³-hybridized carbons (Fsp3) is 0.562. The Labute approximate surface area is 109 Å². The highest BCUT2D eigenvalue weighted by Gasteiger charge is 2.54. The Balaban J connectivity index is 2.63. The van der Waals surface area contributed by atoms with Crippen LogP contribution in [0, 0.1) is 18.3 Å². The summed E-state index contributed by atoms with van der Waals surface area (Å²) in [5.74, 6) is 0.102. The largest absolute Gasteiger partial charge is 0.388 e. The number of rotatable bonds is 1. The predicted molar refractivity (Wildman–Crippen MR) is 72.8 cm³/mol. The molecule has 1 unspecified atom stereocenters. The molecule has 0 radical (unpaired) electrons. The minimum atomic E-state index is -0.967. The van der Waals surface area contributed by atoms with E-state index >= 15 is 0 Å². The van der Waals surface area contributed by atoms with Crippen molar-refractivity contribution >= 4 is 5.78 Å². The van der Waals surface area contributed by atoms with Crippen molar-refractivity contribution in [3.8, 4) is 0 Å². The highest BCUT2D eigenvalue weighted by atomic mass is 16.3. The Hall–Kier alpha value is -1.15. The molecule has 0 spiro atoms. The van der Waals surface area contributed by atoms with E-state index in [1.807, 2.05) is 52.8 Å². The Kier molecular flexibility index (Phi) is 2.90. The summed E-state index contributed by atoms with van der Waals surface area (Å²) in [5, 5.41) is 11.0. The van der Waals surface area contributed by atoms with Crippen LogP contribution in [0.2, 0.25) is 0 Å². The molecule has 0 bridgehead atoms. The van der Waals surface area contributed by atoms with Crippen molar-refractivity contribution < 1.29 is 9.90 Å². The molecule has 18 heavy (non-hydrogen) atoms. The lowest BCUT2D eigenvalue weighted by atomic mass is 9.59. The third-order valence-electron chi connectivity index (χ3n) is 4.57. The molecule has 2 rings (SSSR count). The summed E-state index contributed by atoms with van der Waals surface area (Å²) in [4.78, 5) is 12.6. The molecule has 1 aliphatic carbocycles. The molecule has 0 saturated carbocycles. The molecule has 2 nitrogen and oxygen atoms in total. The van der Waals surface area contributed by atoms with Gasteiger partial charge in [0.05, 0.1) is 11.0 Å². The van der Waals surface area contributed by atoms with E-state index in [1.54, 1.807) is 0 Å². The molecule has 1 aliphatic rings. The molecule has 98 valence electrons.